The number of aliphatic hydroxyl groups is 1. The number of fused-ring (bicyclic) bond motifs is 1. The van der Waals surface area contributed by atoms with E-state index in [2.05, 4.69) is 5.32 Å². The third kappa shape index (κ3) is 4.49. The number of nitriles is 1. The van der Waals surface area contributed by atoms with Crippen molar-refractivity contribution in [3.8, 4) is 11.8 Å². The Labute approximate surface area is 208 Å². The van der Waals surface area contributed by atoms with Gasteiger partial charge in [-0.15, -0.1) is 0 Å². The van der Waals surface area contributed by atoms with Crippen LogP contribution in [-0.2, 0) is 0 Å². The van der Waals surface area contributed by atoms with Gasteiger partial charge in [-0.2, -0.15) is 15.1 Å². The monoisotopic (exact) mass is 487 g/mol. The number of aromatic nitrogens is 3. The molecule has 3 aliphatic carbocycles. The van der Waals surface area contributed by atoms with E-state index >= 15 is 0 Å². The normalized spacial score (nSPS) is 23.8. The Morgan fingerprint density at radius 2 is 2.03 bits per heavy atom. The number of carbonyl (C=O) groups is 1. The molecule has 0 aliphatic heterocycles. The summed E-state index contributed by atoms with van der Waals surface area (Å²) in [6, 6.07) is 10.9. The number of pyridine rings is 1. The molecule has 2 aromatic heterocycles. The second-order valence-electron chi connectivity index (χ2n) is 10.5. The maximum atomic E-state index is 13.2. The molecule has 2 heterocycles. The lowest BCUT2D eigenvalue weighted by atomic mass is 9.83. The zero-order valence-electron chi connectivity index (χ0n) is 20.0. The number of rotatable bonds is 7. The second kappa shape index (κ2) is 8.79. The van der Waals surface area contributed by atoms with E-state index in [-0.39, 0.29) is 17.7 Å². The van der Waals surface area contributed by atoms with Crippen LogP contribution in [0.1, 0.15) is 79.5 Å². The summed E-state index contributed by atoms with van der Waals surface area (Å²) in [5, 5.41) is 40.8. The number of hydrogen-bond acceptors (Lipinski definition) is 6. The Morgan fingerprint density at radius 1 is 1.25 bits per heavy atom. The van der Waals surface area contributed by atoms with Gasteiger partial charge in [0.15, 0.2) is 11.3 Å². The van der Waals surface area contributed by atoms with Crippen LogP contribution in [0.25, 0.3) is 10.9 Å². The molecule has 9 nitrogen and oxygen atoms in total. The number of anilines is 1. The summed E-state index contributed by atoms with van der Waals surface area (Å²) in [5.41, 5.74) is 0.706. The standard InChI is InChI=1S/C27H29N5O4/c28-16-27(34)10-8-20(9-11-27)31-14-19-12-22(25(13-21(19)30-31)36-15-17-4-5-17)29-26(33)24-3-1-2-23(32(24)35)18-6-7-18/h1-3,12-14,17-18,20,34H,4-11,15H2,(H,29,33). The molecule has 3 aromatic rings. The molecule has 3 aliphatic rings. The topological polar surface area (TPSA) is 127 Å². The molecule has 9 heteroatoms. The summed E-state index contributed by atoms with van der Waals surface area (Å²) in [6.07, 6.45) is 8.30. The Morgan fingerprint density at radius 3 is 2.72 bits per heavy atom. The number of ether oxygens (including phenoxy) is 1. The lowest BCUT2D eigenvalue weighted by Gasteiger charge is -2.30. The third-order valence-electron chi connectivity index (χ3n) is 7.61. The van der Waals surface area contributed by atoms with Gasteiger partial charge in [-0.1, -0.05) is 0 Å². The zero-order valence-corrected chi connectivity index (χ0v) is 20.0. The molecule has 6 rings (SSSR count). The Bertz CT molecular complexity index is 1360. The van der Waals surface area contributed by atoms with Gasteiger partial charge in [-0.05, 0) is 69.4 Å². The molecule has 3 fully saturated rings. The Kier molecular flexibility index (Phi) is 5.56. The van der Waals surface area contributed by atoms with Crippen LogP contribution in [0.5, 0.6) is 5.75 Å². The van der Waals surface area contributed by atoms with Gasteiger partial charge in [-0.3, -0.25) is 9.48 Å². The van der Waals surface area contributed by atoms with Crippen molar-refractivity contribution in [2.24, 2.45) is 5.92 Å². The SMILES string of the molecule is N#CC1(O)CCC(n2cc3cc(NC(=O)c4cccc(C5CC5)[n+]4[O-])c(OCC4CC4)cc3n2)CC1. The molecule has 0 atom stereocenters. The number of hydrogen-bond donors (Lipinski definition) is 2. The molecule has 0 unspecified atom stereocenters. The second-order valence-corrected chi connectivity index (χ2v) is 10.5. The number of amides is 1. The van der Waals surface area contributed by atoms with Gasteiger partial charge in [0, 0.05) is 35.7 Å². The fourth-order valence-corrected chi connectivity index (χ4v) is 4.97. The lowest BCUT2D eigenvalue weighted by molar-refractivity contribution is -0.616. The molecule has 0 radical (unpaired) electrons. The quantitative estimate of drug-likeness (QED) is 0.295. The van der Waals surface area contributed by atoms with Gasteiger partial charge in [0.05, 0.1) is 29.9 Å². The van der Waals surface area contributed by atoms with Gasteiger partial charge < -0.3 is 20.4 Å². The molecule has 0 spiro atoms. The van der Waals surface area contributed by atoms with Gasteiger partial charge >= 0.3 is 5.91 Å². The Balaban J connectivity index is 1.28. The van der Waals surface area contributed by atoms with Gasteiger partial charge in [0.25, 0.3) is 5.69 Å². The van der Waals surface area contributed by atoms with E-state index in [4.69, 9.17) is 9.84 Å². The highest BCUT2D eigenvalue weighted by Gasteiger charge is 2.35. The highest BCUT2D eigenvalue weighted by atomic mass is 16.5. The van der Waals surface area contributed by atoms with Crippen LogP contribution in [0, 0.1) is 22.5 Å². The van der Waals surface area contributed by atoms with Crippen LogP contribution in [0.15, 0.2) is 36.5 Å². The van der Waals surface area contributed by atoms with E-state index in [9.17, 15) is 20.4 Å². The first-order chi connectivity index (χ1) is 17.4. The third-order valence-corrected chi connectivity index (χ3v) is 7.61. The summed E-state index contributed by atoms with van der Waals surface area (Å²) in [6.45, 7) is 0.573. The van der Waals surface area contributed by atoms with E-state index in [1.54, 1.807) is 18.2 Å². The van der Waals surface area contributed by atoms with E-state index in [1.807, 2.05) is 29.1 Å². The predicted molar refractivity (Wildman–Crippen MR) is 131 cm³/mol. The minimum atomic E-state index is -1.25. The van der Waals surface area contributed by atoms with Crippen LogP contribution in [0.2, 0.25) is 0 Å². The van der Waals surface area contributed by atoms with E-state index in [0.29, 0.717) is 55.3 Å². The lowest BCUT2D eigenvalue weighted by Crippen LogP contribution is -2.40. The molecule has 1 amide bonds. The molecule has 3 saturated carbocycles. The molecular weight excluding hydrogens is 458 g/mol. The van der Waals surface area contributed by atoms with Crippen molar-refractivity contribution in [2.45, 2.75) is 68.9 Å². The number of nitrogens with zero attached hydrogens (tertiary/aromatic N) is 4. The molecule has 2 N–H and O–H groups in total. The number of carbonyl (C=O) groups excluding carboxylic acids is 1. The maximum absolute atomic E-state index is 13.2. The molecular formula is C27H29N5O4. The minimum Gasteiger partial charge on any atom is -0.618 e. The summed E-state index contributed by atoms with van der Waals surface area (Å²) in [7, 11) is 0. The van der Waals surface area contributed by atoms with Gasteiger partial charge in [0.1, 0.15) is 5.75 Å². The summed E-state index contributed by atoms with van der Waals surface area (Å²) in [4.78, 5) is 13.2. The highest BCUT2D eigenvalue weighted by molar-refractivity contribution is 6.04. The molecule has 1 aromatic carbocycles. The number of benzene rings is 1. The van der Waals surface area contributed by atoms with Crippen LogP contribution in [0.4, 0.5) is 5.69 Å². The smallest absolute Gasteiger partial charge is 0.321 e. The van der Waals surface area contributed by atoms with Crippen molar-refractivity contribution in [3.05, 3.63) is 53.1 Å². The highest BCUT2D eigenvalue weighted by Crippen LogP contribution is 2.39. The van der Waals surface area contributed by atoms with Gasteiger partial charge in [-0.25, -0.2) is 0 Å². The largest absolute Gasteiger partial charge is 0.618 e. The van der Waals surface area contributed by atoms with Crippen LogP contribution in [-0.4, -0.2) is 33.0 Å². The van der Waals surface area contributed by atoms with Crippen LogP contribution >= 0.6 is 0 Å². The first kappa shape index (κ1) is 22.8. The first-order valence-corrected chi connectivity index (χ1v) is 12.8. The van der Waals surface area contributed by atoms with Crippen molar-refractivity contribution >= 4 is 22.5 Å². The fraction of sp³-hybridized carbons (Fsp3) is 0.481. The van der Waals surface area contributed by atoms with Crippen LogP contribution < -0.4 is 14.8 Å². The first-order valence-electron chi connectivity index (χ1n) is 12.8. The number of nitrogens with one attached hydrogen (secondary N) is 1. The average Bonchev–Trinajstić information content (AvgIpc) is 3.81. The van der Waals surface area contributed by atoms with Crippen LogP contribution in [0.3, 0.4) is 0 Å². The van der Waals surface area contributed by atoms with Crippen molar-refractivity contribution in [1.82, 2.24) is 9.78 Å². The van der Waals surface area contributed by atoms with E-state index in [1.165, 1.54) is 0 Å². The molecule has 0 bridgehead atoms. The molecule has 36 heavy (non-hydrogen) atoms. The Hall–Kier alpha value is -3.64. The zero-order chi connectivity index (χ0) is 24.9. The van der Waals surface area contributed by atoms with E-state index in [0.717, 1.165) is 41.3 Å². The average molecular weight is 488 g/mol. The van der Waals surface area contributed by atoms with Crippen molar-refractivity contribution in [1.29, 1.82) is 5.26 Å². The van der Waals surface area contributed by atoms with Crippen molar-refractivity contribution in [3.63, 3.8) is 0 Å². The minimum absolute atomic E-state index is 0.0653. The van der Waals surface area contributed by atoms with Crippen molar-refractivity contribution < 1.29 is 19.4 Å². The molecule has 0 saturated heterocycles. The summed E-state index contributed by atoms with van der Waals surface area (Å²) in [5.74, 6) is 0.825. The summed E-state index contributed by atoms with van der Waals surface area (Å²) < 4.78 is 8.73. The van der Waals surface area contributed by atoms with Gasteiger partial charge in [0.2, 0.25) is 0 Å². The fourth-order valence-electron chi connectivity index (χ4n) is 4.97. The summed E-state index contributed by atoms with van der Waals surface area (Å²) >= 11 is 0. The molecule has 186 valence electrons. The predicted octanol–water partition coefficient (Wildman–Crippen LogP) is 3.96. The van der Waals surface area contributed by atoms with Crippen molar-refractivity contribution in [2.75, 3.05) is 11.9 Å². The van der Waals surface area contributed by atoms with E-state index < -0.39 is 11.5 Å². The maximum Gasteiger partial charge on any atom is 0.321 e.